The fraction of sp³-hybridized carbons (Fsp3) is 0.375. The number of carbonyl (C=O) groups is 3. The summed E-state index contributed by atoms with van der Waals surface area (Å²) >= 11 is 0. The van der Waals surface area contributed by atoms with Crippen LogP contribution in [0.4, 0.5) is 27.9 Å². The minimum atomic E-state index is -0.642. The molecule has 0 fully saturated rings. The van der Waals surface area contributed by atoms with Crippen molar-refractivity contribution in [2.24, 2.45) is 0 Å². The maximum atomic E-state index is 14.0. The van der Waals surface area contributed by atoms with Gasteiger partial charge in [-0.1, -0.05) is 51.1 Å². The van der Waals surface area contributed by atoms with Gasteiger partial charge < -0.3 is 25.2 Å². The van der Waals surface area contributed by atoms with E-state index in [0.29, 0.717) is 47.9 Å². The van der Waals surface area contributed by atoms with Crippen LogP contribution in [0.25, 0.3) is 0 Å². The Kier molecular flexibility index (Phi) is 14.1. The Morgan fingerprint density at radius 2 is 1.57 bits per heavy atom. The van der Waals surface area contributed by atoms with Gasteiger partial charge in [-0.3, -0.25) is 9.59 Å². The van der Waals surface area contributed by atoms with E-state index in [1.54, 1.807) is 53.6 Å². The Bertz CT molecular complexity index is 1750. The lowest BCUT2D eigenvalue weighted by Crippen LogP contribution is -2.36. The summed E-state index contributed by atoms with van der Waals surface area (Å²) in [4.78, 5) is 54.0. The van der Waals surface area contributed by atoms with Crippen molar-refractivity contribution >= 4 is 41.0 Å². The monoisotopic (exact) mass is 693 g/mol. The SMILES string of the molecule is CCC(C)NC(=O)CCc1cccc(OC(=O)N(c2ccnc(Nc3ccc(C(=O)N(C)CCN(CC)CC)cc3)n2)c2c(C)cccc2C)c1. The topological polar surface area (TPSA) is 120 Å². The second-order valence-corrected chi connectivity index (χ2v) is 12.7. The Hall–Kier alpha value is -5.29. The lowest BCUT2D eigenvalue weighted by molar-refractivity contribution is -0.121. The Morgan fingerprint density at radius 1 is 0.882 bits per heavy atom. The molecule has 3 aromatic carbocycles. The summed E-state index contributed by atoms with van der Waals surface area (Å²) in [5.74, 6) is 0.878. The minimum absolute atomic E-state index is 0.0143. The fourth-order valence-electron chi connectivity index (χ4n) is 5.59. The number of benzene rings is 3. The highest BCUT2D eigenvalue weighted by Crippen LogP contribution is 2.32. The van der Waals surface area contributed by atoms with Gasteiger partial charge in [-0.05, 0) is 99.8 Å². The van der Waals surface area contributed by atoms with Crippen LogP contribution in [-0.4, -0.2) is 76.9 Å². The molecule has 11 nitrogen and oxygen atoms in total. The van der Waals surface area contributed by atoms with E-state index in [9.17, 15) is 14.4 Å². The van der Waals surface area contributed by atoms with Gasteiger partial charge in [-0.15, -0.1) is 0 Å². The molecule has 1 atom stereocenters. The minimum Gasteiger partial charge on any atom is -0.410 e. The van der Waals surface area contributed by atoms with Crippen molar-refractivity contribution in [3.05, 3.63) is 101 Å². The predicted octanol–water partition coefficient (Wildman–Crippen LogP) is 7.44. The van der Waals surface area contributed by atoms with Crippen LogP contribution >= 0.6 is 0 Å². The van der Waals surface area contributed by atoms with Crippen molar-refractivity contribution in [2.45, 2.75) is 66.8 Å². The molecule has 0 saturated heterocycles. The van der Waals surface area contributed by atoms with Crippen LogP contribution in [-0.2, 0) is 11.2 Å². The first-order valence-corrected chi connectivity index (χ1v) is 17.7. The summed E-state index contributed by atoms with van der Waals surface area (Å²) in [6, 6.07) is 21.9. The van der Waals surface area contributed by atoms with Crippen LogP contribution in [0.5, 0.6) is 5.75 Å². The summed E-state index contributed by atoms with van der Waals surface area (Å²) in [6.45, 7) is 15.4. The van der Waals surface area contributed by atoms with Gasteiger partial charge in [0.1, 0.15) is 11.6 Å². The highest BCUT2D eigenvalue weighted by atomic mass is 16.6. The molecule has 3 amide bonds. The highest BCUT2D eigenvalue weighted by molar-refractivity contribution is 5.98. The quantitative estimate of drug-likeness (QED) is 0.124. The molecular weight excluding hydrogens is 642 g/mol. The molecule has 0 aliphatic heterocycles. The van der Waals surface area contributed by atoms with Gasteiger partial charge in [0.15, 0.2) is 0 Å². The number of anilines is 4. The summed E-state index contributed by atoms with van der Waals surface area (Å²) in [5, 5.41) is 6.18. The van der Waals surface area contributed by atoms with Crippen molar-refractivity contribution in [3.63, 3.8) is 0 Å². The van der Waals surface area contributed by atoms with Gasteiger partial charge in [-0.2, -0.15) is 4.98 Å². The maximum Gasteiger partial charge on any atom is 0.425 e. The van der Waals surface area contributed by atoms with Crippen LogP contribution in [0.2, 0.25) is 0 Å². The van der Waals surface area contributed by atoms with Gasteiger partial charge in [0.2, 0.25) is 11.9 Å². The van der Waals surface area contributed by atoms with Crippen LogP contribution in [0.1, 0.15) is 67.6 Å². The van der Waals surface area contributed by atoms with Gasteiger partial charge in [-0.25, -0.2) is 14.7 Å². The number of rotatable bonds is 16. The largest absolute Gasteiger partial charge is 0.425 e. The zero-order valence-electron chi connectivity index (χ0n) is 30.9. The highest BCUT2D eigenvalue weighted by Gasteiger charge is 2.26. The third kappa shape index (κ3) is 10.8. The molecule has 1 aromatic heterocycles. The number of hydrogen-bond acceptors (Lipinski definition) is 8. The molecule has 11 heteroatoms. The number of carbonyl (C=O) groups excluding carboxylic acids is 3. The van der Waals surface area contributed by atoms with Crippen LogP contribution in [0, 0.1) is 13.8 Å². The second kappa shape index (κ2) is 18.6. The number of likely N-dealkylation sites (N-methyl/N-ethyl adjacent to an activating group) is 2. The van der Waals surface area contributed by atoms with Crippen molar-refractivity contribution < 1.29 is 19.1 Å². The molecule has 4 aromatic rings. The second-order valence-electron chi connectivity index (χ2n) is 12.7. The number of aromatic nitrogens is 2. The number of ether oxygens (including phenoxy) is 1. The molecule has 0 saturated carbocycles. The van der Waals surface area contributed by atoms with Crippen LogP contribution in [0.15, 0.2) is 79.0 Å². The zero-order valence-corrected chi connectivity index (χ0v) is 30.9. The molecule has 0 bridgehead atoms. The normalized spacial score (nSPS) is 11.5. The molecule has 0 spiro atoms. The van der Waals surface area contributed by atoms with Crippen LogP contribution < -0.4 is 20.3 Å². The van der Waals surface area contributed by atoms with E-state index in [4.69, 9.17) is 9.72 Å². The Balaban J connectivity index is 1.52. The summed E-state index contributed by atoms with van der Waals surface area (Å²) in [6.07, 6.45) is 2.64. The van der Waals surface area contributed by atoms with E-state index in [1.807, 2.05) is 65.1 Å². The molecule has 1 unspecified atom stereocenters. The standard InChI is InChI=1S/C40H51N7O4/c1-8-30(6)42-36(48)22-17-31-15-12-16-34(27-31)51-40(50)47(37-28(4)13-11-14-29(37)5)35-23-24-41-39(44-35)43-33-20-18-32(19-21-33)38(49)45(7)25-26-46(9-2)10-3/h11-16,18-21,23-24,27,30H,8-10,17,22,25-26H2,1-7H3,(H,42,48)(H,41,43,44). The Morgan fingerprint density at radius 3 is 2.24 bits per heavy atom. The van der Waals surface area contributed by atoms with Crippen molar-refractivity contribution in [3.8, 4) is 5.75 Å². The van der Waals surface area contributed by atoms with Gasteiger partial charge in [0.05, 0.1) is 5.69 Å². The number of aryl methyl sites for hydroxylation is 3. The zero-order chi connectivity index (χ0) is 36.9. The molecule has 0 aliphatic rings. The average molecular weight is 694 g/mol. The molecule has 0 aliphatic carbocycles. The molecular formula is C40H51N7O4. The first kappa shape index (κ1) is 38.5. The molecule has 270 valence electrons. The number of para-hydroxylation sites is 1. The third-order valence-electron chi connectivity index (χ3n) is 8.86. The molecule has 0 radical (unpaired) electrons. The van der Waals surface area contributed by atoms with Crippen LogP contribution in [0.3, 0.4) is 0 Å². The van der Waals surface area contributed by atoms with Crippen molar-refractivity contribution in [1.29, 1.82) is 0 Å². The first-order valence-electron chi connectivity index (χ1n) is 17.7. The number of hydrogen-bond donors (Lipinski definition) is 2. The number of amides is 3. The Labute approximate surface area is 302 Å². The molecule has 1 heterocycles. The van der Waals surface area contributed by atoms with E-state index < -0.39 is 6.09 Å². The average Bonchev–Trinajstić information content (AvgIpc) is 3.12. The van der Waals surface area contributed by atoms with E-state index in [-0.39, 0.29) is 23.8 Å². The third-order valence-corrected chi connectivity index (χ3v) is 8.86. The van der Waals surface area contributed by atoms with Gasteiger partial charge >= 0.3 is 6.09 Å². The predicted molar refractivity (Wildman–Crippen MR) is 203 cm³/mol. The van der Waals surface area contributed by atoms with E-state index in [0.717, 1.165) is 42.7 Å². The van der Waals surface area contributed by atoms with Crippen molar-refractivity contribution in [2.75, 3.05) is 43.4 Å². The summed E-state index contributed by atoms with van der Waals surface area (Å²) < 4.78 is 5.95. The van der Waals surface area contributed by atoms with Gasteiger partial charge in [0.25, 0.3) is 5.91 Å². The molecule has 51 heavy (non-hydrogen) atoms. The smallest absolute Gasteiger partial charge is 0.410 e. The molecule has 4 rings (SSSR count). The molecule has 2 N–H and O–H groups in total. The maximum absolute atomic E-state index is 14.0. The fourth-order valence-corrected chi connectivity index (χ4v) is 5.59. The van der Waals surface area contributed by atoms with E-state index in [1.165, 1.54) is 4.90 Å². The lowest BCUT2D eigenvalue weighted by Gasteiger charge is -2.25. The van der Waals surface area contributed by atoms with E-state index >= 15 is 0 Å². The summed E-state index contributed by atoms with van der Waals surface area (Å²) in [5.41, 5.74) is 4.53. The first-order chi connectivity index (χ1) is 24.5. The lowest BCUT2D eigenvalue weighted by atomic mass is 10.1. The number of nitrogens with zero attached hydrogens (tertiary/aromatic N) is 5. The van der Waals surface area contributed by atoms with Gasteiger partial charge in [0, 0.05) is 56.1 Å². The summed E-state index contributed by atoms with van der Waals surface area (Å²) in [7, 11) is 1.82. The van der Waals surface area contributed by atoms with E-state index in [2.05, 4.69) is 34.4 Å². The van der Waals surface area contributed by atoms with Crippen molar-refractivity contribution in [1.82, 2.24) is 25.1 Å². The number of nitrogens with one attached hydrogen (secondary N) is 2.